The number of rotatable bonds is 6. The van der Waals surface area contributed by atoms with Crippen molar-refractivity contribution >= 4 is 23.1 Å². The standard InChI is InChI=1S/C28H31F3N6O3/c1-17-16-37(7-6-35(17)2)24-14-21(29)19(22-4-3-5-25(33-22)36-8-10-40-11-9-36)12-23(24)34-28(39)20-15-32-26(38)13-18(20)27(30)31/h3-5,12-15,17,27H,6-11,16H2,1-2H3,(H,32,38)(H,34,39)/t17-/m1/s1. The number of nitrogens with one attached hydrogen (secondary N) is 2. The van der Waals surface area contributed by atoms with Crippen LogP contribution < -0.4 is 20.7 Å². The van der Waals surface area contributed by atoms with Gasteiger partial charge in [-0.3, -0.25) is 9.59 Å². The number of carbonyl (C=O) groups excluding carboxylic acids is 1. The van der Waals surface area contributed by atoms with Gasteiger partial charge in [0, 0.05) is 62.2 Å². The molecule has 9 nitrogen and oxygen atoms in total. The Bertz CT molecular complexity index is 1440. The topological polar surface area (TPSA) is 93.8 Å². The van der Waals surface area contributed by atoms with Crippen molar-refractivity contribution in [3.8, 4) is 11.3 Å². The van der Waals surface area contributed by atoms with Gasteiger partial charge in [0.25, 0.3) is 12.3 Å². The number of aromatic nitrogens is 2. The Labute approximate surface area is 229 Å². The summed E-state index contributed by atoms with van der Waals surface area (Å²) in [5.41, 5.74) is -0.581. The zero-order valence-corrected chi connectivity index (χ0v) is 22.3. The monoisotopic (exact) mass is 556 g/mol. The molecule has 0 bridgehead atoms. The number of anilines is 3. The van der Waals surface area contributed by atoms with Gasteiger partial charge >= 0.3 is 0 Å². The van der Waals surface area contributed by atoms with Crippen molar-refractivity contribution < 1.29 is 22.7 Å². The molecule has 1 aromatic carbocycles. The lowest BCUT2D eigenvalue weighted by molar-refractivity contribution is 0.101. The molecule has 40 heavy (non-hydrogen) atoms. The zero-order chi connectivity index (χ0) is 28.4. The maximum Gasteiger partial charge on any atom is 0.264 e. The quantitative estimate of drug-likeness (QED) is 0.478. The molecule has 212 valence electrons. The van der Waals surface area contributed by atoms with Gasteiger partial charge in [-0.2, -0.15) is 0 Å². The van der Waals surface area contributed by atoms with Crippen LogP contribution in [0.3, 0.4) is 0 Å². The van der Waals surface area contributed by atoms with Crippen LogP contribution in [0.25, 0.3) is 11.3 Å². The third kappa shape index (κ3) is 5.82. The Morgan fingerprint density at radius 3 is 2.62 bits per heavy atom. The molecule has 5 rings (SSSR count). The Morgan fingerprint density at radius 2 is 1.90 bits per heavy atom. The predicted octanol–water partition coefficient (Wildman–Crippen LogP) is 3.74. The minimum Gasteiger partial charge on any atom is -0.378 e. The molecule has 12 heteroatoms. The van der Waals surface area contributed by atoms with Crippen LogP contribution in [0.15, 0.2) is 47.4 Å². The van der Waals surface area contributed by atoms with Gasteiger partial charge in [-0.05, 0) is 38.2 Å². The number of hydrogen-bond acceptors (Lipinski definition) is 7. The summed E-state index contributed by atoms with van der Waals surface area (Å²) in [6.07, 6.45) is -2.06. The van der Waals surface area contributed by atoms with Gasteiger partial charge in [0.15, 0.2) is 0 Å². The van der Waals surface area contributed by atoms with E-state index in [9.17, 15) is 18.4 Å². The van der Waals surface area contributed by atoms with E-state index >= 15 is 4.39 Å². The summed E-state index contributed by atoms with van der Waals surface area (Å²) in [5, 5.41) is 2.71. The Morgan fingerprint density at radius 1 is 1.12 bits per heavy atom. The SMILES string of the molecule is C[C@@H]1CN(c2cc(F)c(-c3cccc(N4CCOCC4)n3)cc2NC(=O)c2c[nH]c(=O)cc2C(F)F)CCN1C. The normalized spacial score (nSPS) is 18.3. The number of morpholine rings is 1. The number of amides is 1. The van der Waals surface area contributed by atoms with E-state index in [1.54, 1.807) is 12.1 Å². The highest BCUT2D eigenvalue weighted by molar-refractivity contribution is 6.07. The smallest absolute Gasteiger partial charge is 0.264 e. The van der Waals surface area contributed by atoms with E-state index in [2.05, 4.69) is 25.1 Å². The molecule has 2 saturated heterocycles. The summed E-state index contributed by atoms with van der Waals surface area (Å²) in [5.74, 6) is -0.691. The third-order valence-corrected chi connectivity index (χ3v) is 7.42. The highest BCUT2D eigenvalue weighted by Crippen LogP contribution is 2.36. The number of hydrogen-bond donors (Lipinski definition) is 2. The van der Waals surface area contributed by atoms with Gasteiger partial charge in [0.2, 0.25) is 5.56 Å². The number of piperazine rings is 1. The van der Waals surface area contributed by atoms with E-state index in [1.165, 1.54) is 12.1 Å². The average Bonchev–Trinajstić information content (AvgIpc) is 2.95. The largest absolute Gasteiger partial charge is 0.378 e. The molecule has 4 heterocycles. The lowest BCUT2D eigenvalue weighted by Gasteiger charge is -2.39. The van der Waals surface area contributed by atoms with Gasteiger partial charge in [0.05, 0.1) is 35.8 Å². The first-order valence-electron chi connectivity index (χ1n) is 13.1. The maximum atomic E-state index is 15.7. The van der Waals surface area contributed by atoms with Gasteiger partial charge in [-0.1, -0.05) is 6.07 Å². The Kier molecular flexibility index (Phi) is 8.08. The van der Waals surface area contributed by atoms with Gasteiger partial charge in [-0.25, -0.2) is 18.2 Å². The highest BCUT2D eigenvalue weighted by Gasteiger charge is 2.27. The van der Waals surface area contributed by atoms with E-state index in [0.29, 0.717) is 62.7 Å². The number of alkyl halides is 2. The lowest BCUT2D eigenvalue weighted by Crippen LogP contribution is -2.50. The number of aromatic amines is 1. The minimum atomic E-state index is -3.03. The molecule has 2 aliphatic heterocycles. The molecule has 2 N–H and O–H groups in total. The number of carbonyl (C=O) groups is 1. The van der Waals surface area contributed by atoms with Crippen LogP contribution in [0.2, 0.25) is 0 Å². The summed E-state index contributed by atoms with van der Waals surface area (Å²) in [4.78, 5) is 38.1. The van der Waals surface area contributed by atoms with Gasteiger partial charge < -0.3 is 29.7 Å². The lowest BCUT2D eigenvalue weighted by atomic mass is 10.0. The summed E-state index contributed by atoms with van der Waals surface area (Å²) in [6, 6.07) is 9.03. The molecule has 0 aliphatic carbocycles. The van der Waals surface area contributed by atoms with E-state index in [1.807, 2.05) is 24.9 Å². The number of halogens is 3. The number of pyridine rings is 2. The van der Waals surface area contributed by atoms with E-state index < -0.39 is 29.3 Å². The molecular weight excluding hydrogens is 525 g/mol. The van der Waals surface area contributed by atoms with Crippen LogP contribution >= 0.6 is 0 Å². The number of nitrogens with zero attached hydrogens (tertiary/aromatic N) is 4. The number of benzene rings is 1. The molecule has 3 aromatic rings. The molecule has 0 radical (unpaired) electrons. The summed E-state index contributed by atoms with van der Waals surface area (Å²) >= 11 is 0. The molecule has 2 aromatic heterocycles. The van der Waals surface area contributed by atoms with Gasteiger partial charge in [0.1, 0.15) is 11.6 Å². The van der Waals surface area contributed by atoms with Crippen molar-refractivity contribution in [1.82, 2.24) is 14.9 Å². The molecule has 2 aliphatic rings. The first-order chi connectivity index (χ1) is 19.2. The fourth-order valence-electron chi connectivity index (χ4n) is 4.98. The number of likely N-dealkylation sites (N-methyl/N-ethyl adjacent to an activating group) is 1. The summed E-state index contributed by atoms with van der Waals surface area (Å²) in [6.45, 7) is 6.37. The Hall–Kier alpha value is -3.90. The number of ether oxygens (including phenoxy) is 1. The predicted molar refractivity (Wildman–Crippen MR) is 147 cm³/mol. The van der Waals surface area contributed by atoms with Crippen LogP contribution in [0.1, 0.15) is 29.3 Å². The van der Waals surface area contributed by atoms with Crippen LogP contribution in [0, 0.1) is 5.82 Å². The van der Waals surface area contributed by atoms with Gasteiger partial charge in [-0.15, -0.1) is 0 Å². The van der Waals surface area contributed by atoms with E-state index in [0.717, 1.165) is 12.7 Å². The molecule has 1 atom stereocenters. The molecule has 1 amide bonds. The second-order valence-corrected chi connectivity index (χ2v) is 10.0. The van der Waals surface area contributed by atoms with Crippen molar-refractivity contribution in [2.24, 2.45) is 0 Å². The molecule has 0 spiro atoms. The molecular formula is C28H31F3N6O3. The Balaban J connectivity index is 1.55. The fourth-order valence-corrected chi connectivity index (χ4v) is 4.98. The average molecular weight is 557 g/mol. The first kappa shape index (κ1) is 27.7. The first-order valence-corrected chi connectivity index (χ1v) is 13.1. The van der Waals surface area contributed by atoms with E-state index in [-0.39, 0.29) is 22.9 Å². The fraction of sp³-hybridized carbons (Fsp3) is 0.393. The van der Waals surface area contributed by atoms with E-state index in [4.69, 9.17) is 4.74 Å². The summed E-state index contributed by atoms with van der Waals surface area (Å²) < 4.78 is 48.5. The van der Waals surface area contributed by atoms with Crippen molar-refractivity contribution in [3.63, 3.8) is 0 Å². The van der Waals surface area contributed by atoms with Crippen molar-refractivity contribution in [1.29, 1.82) is 0 Å². The van der Waals surface area contributed by atoms with Crippen LogP contribution in [0.5, 0.6) is 0 Å². The maximum absolute atomic E-state index is 15.7. The van der Waals surface area contributed by atoms with Crippen molar-refractivity contribution in [3.05, 3.63) is 69.9 Å². The second-order valence-electron chi connectivity index (χ2n) is 10.0. The van der Waals surface area contributed by atoms with Crippen LogP contribution in [-0.2, 0) is 4.74 Å². The molecule has 0 unspecified atom stereocenters. The van der Waals surface area contributed by atoms with Crippen molar-refractivity contribution in [2.45, 2.75) is 19.4 Å². The molecule has 2 fully saturated rings. The minimum absolute atomic E-state index is 0.159. The highest BCUT2D eigenvalue weighted by atomic mass is 19.3. The third-order valence-electron chi connectivity index (χ3n) is 7.42. The number of H-pyrrole nitrogens is 1. The van der Waals surface area contributed by atoms with Crippen LogP contribution in [-0.4, -0.2) is 79.8 Å². The second kappa shape index (κ2) is 11.7. The van der Waals surface area contributed by atoms with Crippen molar-refractivity contribution in [2.75, 3.05) is 68.1 Å². The zero-order valence-electron chi connectivity index (χ0n) is 22.3. The van der Waals surface area contributed by atoms with Crippen LogP contribution in [0.4, 0.5) is 30.4 Å². The summed E-state index contributed by atoms with van der Waals surface area (Å²) in [7, 11) is 2.00. The molecule has 0 saturated carbocycles.